The molecule has 0 aliphatic heterocycles. The molecule has 0 aliphatic rings. The number of hydrogen-bond donors (Lipinski definition) is 3. The first kappa shape index (κ1) is 23.1. The molecule has 0 atom stereocenters. The molecule has 0 spiro atoms. The van der Waals surface area contributed by atoms with Crippen molar-refractivity contribution in [3.05, 3.63) is 23.8 Å². The van der Waals surface area contributed by atoms with Crippen molar-refractivity contribution in [1.82, 2.24) is 10.6 Å². The average molecular weight is 351 g/mol. The molecule has 0 fully saturated rings. The lowest BCUT2D eigenvalue weighted by molar-refractivity contribution is 0.292. The van der Waals surface area contributed by atoms with Gasteiger partial charge in [-0.2, -0.15) is 0 Å². The van der Waals surface area contributed by atoms with Crippen LogP contribution < -0.4 is 20.1 Å². The van der Waals surface area contributed by atoms with Gasteiger partial charge in [-0.05, 0) is 17.7 Å². The number of aliphatic hydroxyl groups is 1. The van der Waals surface area contributed by atoms with Crippen molar-refractivity contribution in [1.29, 1.82) is 0 Å². The number of methoxy groups -OCH3 is 1. The van der Waals surface area contributed by atoms with Gasteiger partial charge in [0.25, 0.3) is 0 Å². The maximum Gasteiger partial charge on any atom is 0.162 e. The Labute approximate surface area is 144 Å². The van der Waals surface area contributed by atoms with E-state index in [1.54, 1.807) is 7.11 Å². The lowest BCUT2D eigenvalue weighted by atomic mass is 10.2. The number of nitrogens with one attached hydrogen (secondary N) is 2. The third-order valence-electron chi connectivity index (χ3n) is 2.64. The van der Waals surface area contributed by atoms with Crippen LogP contribution in [0, 0.1) is 12.3 Å². The van der Waals surface area contributed by atoms with E-state index in [0.29, 0.717) is 18.0 Å². The number of halogens is 2. The Bertz CT molecular complexity index is 439. The van der Waals surface area contributed by atoms with E-state index in [-0.39, 0.29) is 38.0 Å². The molecular formula is C15H24Cl2N2O3. The van der Waals surface area contributed by atoms with Crippen LogP contribution in [0.5, 0.6) is 11.5 Å². The monoisotopic (exact) mass is 350 g/mol. The molecule has 7 heteroatoms. The minimum absolute atomic E-state index is 0. The minimum Gasteiger partial charge on any atom is -0.493 e. The summed E-state index contributed by atoms with van der Waals surface area (Å²) in [5, 5.41) is 15.0. The first-order chi connectivity index (χ1) is 9.81. The van der Waals surface area contributed by atoms with Crippen LogP contribution in [0.15, 0.2) is 18.2 Å². The second kappa shape index (κ2) is 14.8. The highest BCUT2D eigenvalue weighted by Crippen LogP contribution is 2.27. The first-order valence-electron chi connectivity index (χ1n) is 6.57. The van der Waals surface area contributed by atoms with E-state index in [1.165, 1.54) is 0 Å². The van der Waals surface area contributed by atoms with Crippen LogP contribution in [-0.2, 0) is 6.54 Å². The summed E-state index contributed by atoms with van der Waals surface area (Å²) in [7, 11) is 1.61. The summed E-state index contributed by atoms with van der Waals surface area (Å²) in [5.74, 6) is 3.76. The average Bonchev–Trinajstić information content (AvgIpc) is 2.49. The summed E-state index contributed by atoms with van der Waals surface area (Å²) < 4.78 is 10.7. The van der Waals surface area contributed by atoms with Crippen molar-refractivity contribution in [3.63, 3.8) is 0 Å². The number of benzene rings is 1. The Morgan fingerprint density at radius 1 is 1.14 bits per heavy atom. The Balaban J connectivity index is 0. The Morgan fingerprint density at radius 3 is 2.50 bits per heavy atom. The Kier molecular flexibility index (Phi) is 15.5. The summed E-state index contributed by atoms with van der Waals surface area (Å²) >= 11 is 0. The summed E-state index contributed by atoms with van der Waals surface area (Å²) in [6, 6.07) is 5.76. The van der Waals surface area contributed by atoms with Crippen molar-refractivity contribution < 1.29 is 14.6 Å². The third kappa shape index (κ3) is 8.98. The molecule has 0 saturated heterocycles. The van der Waals surface area contributed by atoms with E-state index in [9.17, 15) is 0 Å². The molecule has 0 bridgehead atoms. The molecule has 1 aromatic carbocycles. The molecular weight excluding hydrogens is 327 g/mol. The molecule has 3 N–H and O–H groups in total. The fourth-order valence-electron chi connectivity index (χ4n) is 1.67. The predicted octanol–water partition coefficient (Wildman–Crippen LogP) is 1.22. The van der Waals surface area contributed by atoms with Gasteiger partial charge in [0.15, 0.2) is 11.5 Å². The highest BCUT2D eigenvalue weighted by molar-refractivity contribution is 5.85. The molecule has 0 aliphatic carbocycles. The van der Waals surface area contributed by atoms with Crippen LogP contribution in [-0.4, -0.2) is 45.1 Å². The second-order valence-corrected chi connectivity index (χ2v) is 4.13. The van der Waals surface area contributed by atoms with Gasteiger partial charge in [-0.1, -0.05) is 12.0 Å². The van der Waals surface area contributed by atoms with Gasteiger partial charge in [-0.25, -0.2) is 0 Å². The quantitative estimate of drug-likeness (QED) is 0.437. The fraction of sp³-hybridized carbons (Fsp3) is 0.467. The molecule has 0 saturated carbocycles. The molecule has 0 unspecified atom stereocenters. The van der Waals surface area contributed by atoms with Crippen molar-refractivity contribution in [2.45, 2.75) is 6.54 Å². The van der Waals surface area contributed by atoms with E-state index in [0.717, 1.165) is 25.2 Å². The van der Waals surface area contributed by atoms with E-state index >= 15 is 0 Å². The van der Waals surface area contributed by atoms with Crippen LogP contribution in [0.4, 0.5) is 0 Å². The number of rotatable bonds is 10. The molecule has 1 aromatic rings. The fourth-order valence-corrected chi connectivity index (χ4v) is 1.67. The number of aliphatic hydroxyl groups excluding tert-OH is 1. The Hall–Kier alpha value is -1.16. The topological polar surface area (TPSA) is 62.8 Å². The maximum absolute atomic E-state index is 8.63. The normalized spacial score (nSPS) is 9.14. The van der Waals surface area contributed by atoms with E-state index in [2.05, 4.69) is 16.6 Å². The smallest absolute Gasteiger partial charge is 0.162 e. The highest BCUT2D eigenvalue weighted by atomic mass is 35.5. The van der Waals surface area contributed by atoms with Crippen LogP contribution in [0.25, 0.3) is 0 Å². The summed E-state index contributed by atoms with van der Waals surface area (Å²) in [4.78, 5) is 0. The highest BCUT2D eigenvalue weighted by Gasteiger charge is 2.05. The minimum atomic E-state index is 0. The van der Waals surface area contributed by atoms with Gasteiger partial charge in [0.1, 0.15) is 6.61 Å². The predicted molar refractivity (Wildman–Crippen MR) is 93.5 cm³/mol. The molecule has 0 aromatic heterocycles. The van der Waals surface area contributed by atoms with Gasteiger partial charge in [-0.15, -0.1) is 31.2 Å². The van der Waals surface area contributed by atoms with Crippen LogP contribution in [0.2, 0.25) is 0 Å². The lowest BCUT2D eigenvalue weighted by Gasteiger charge is -2.11. The van der Waals surface area contributed by atoms with E-state index < -0.39 is 0 Å². The number of ether oxygens (including phenoxy) is 2. The lowest BCUT2D eigenvalue weighted by Crippen LogP contribution is -2.28. The molecule has 0 radical (unpaired) electrons. The van der Waals surface area contributed by atoms with Crippen molar-refractivity contribution in [2.75, 3.05) is 40.0 Å². The third-order valence-corrected chi connectivity index (χ3v) is 2.64. The molecule has 1 rings (SSSR count). The van der Waals surface area contributed by atoms with Crippen LogP contribution in [0.3, 0.4) is 0 Å². The zero-order chi connectivity index (χ0) is 14.6. The summed E-state index contributed by atoms with van der Waals surface area (Å²) in [5.41, 5.74) is 1.11. The van der Waals surface area contributed by atoms with Crippen LogP contribution in [0.1, 0.15) is 5.56 Å². The van der Waals surface area contributed by atoms with Gasteiger partial charge in [0, 0.05) is 26.2 Å². The zero-order valence-electron chi connectivity index (χ0n) is 12.6. The Morgan fingerprint density at radius 2 is 1.86 bits per heavy atom. The molecule has 5 nitrogen and oxygen atoms in total. The van der Waals surface area contributed by atoms with Crippen molar-refractivity contribution >= 4 is 24.8 Å². The number of terminal acetylenes is 1. The zero-order valence-corrected chi connectivity index (χ0v) is 14.3. The summed E-state index contributed by atoms with van der Waals surface area (Å²) in [6.45, 7) is 3.41. The molecule has 0 amide bonds. The molecule has 0 heterocycles. The van der Waals surface area contributed by atoms with Crippen LogP contribution >= 0.6 is 24.8 Å². The van der Waals surface area contributed by atoms with Gasteiger partial charge in [0.05, 0.1) is 13.7 Å². The molecule has 126 valence electrons. The van der Waals surface area contributed by atoms with E-state index in [4.69, 9.17) is 21.0 Å². The second-order valence-electron chi connectivity index (χ2n) is 4.13. The standard InChI is InChI=1S/C15H22N2O3.2ClH/c1-3-10-20-14-5-4-13(11-15(14)19-2)12-17-7-6-16-8-9-18;;/h1,4-5,11,16-18H,6-10,12H2,2H3;2*1H. The van der Waals surface area contributed by atoms with Gasteiger partial charge >= 0.3 is 0 Å². The van der Waals surface area contributed by atoms with Gasteiger partial charge < -0.3 is 25.2 Å². The van der Waals surface area contributed by atoms with Gasteiger partial charge in [-0.3, -0.25) is 0 Å². The first-order valence-corrected chi connectivity index (χ1v) is 6.57. The van der Waals surface area contributed by atoms with E-state index in [1.807, 2.05) is 18.2 Å². The largest absolute Gasteiger partial charge is 0.493 e. The summed E-state index contributed by atoms with van der Waals surface area (Å²) in [6.07, 6.45) is 5.17. The van der Waals surface area contributed by atoms with Crippen molar-refractivity contribution in [2.24, 2.45) is 0 Å². The molecule has 22 heavy (non-hydrogen) atoms. The number of hydrogen-bond acceptors (Lipinski definition) is 5. The SMILES string of the molecule is C#CCOc1ccc(CNCCNCCO)cc1OC.Cl.Cl. The van der Waals surface area contributed by atoms with Gasteiger partial charge in [0.2, 0.25) is 0 Å². The van der Waals surface area contributed by atoms with Crippen molar-refractivity contribution in [3.8, 4) is 23.8 Å². The maximum atomic E-state index is 8.63.